The van der Waals surface area contributed by atoms with Crippen LogP contribution in [0.5, 0.6) is 17.2 Å². The molecule has 3 rings (SSSR count). The van der Waals surface area contributed by atoms with Crippen LogP contribution in [-0.4, -0.2) is 26.1 Å². The van der Waals surface area contributed by atoms with Gasteiger partial charge in [-0.25, -0.2) is 4.39 Å². The van der Waals surface area contributed by atoms with E-state index >= 15 is 0 Å². The van der Waals surface area contributed by atoms with Crippen LogP contribution >= 0.6 is 11.6 Å². The summed E-state index contributed by atoms with van der Waals surface area (Å²) in [5, 5.41) is 0.412. The molecule has 6 heteroatoms. The molecule has 0 amide bonds. The summed E-state index contributed by atoms with van der Waals surface area (Å²) in [6.07, 6.45) is 2.94. The monoisotopic (exact) mass is 348 g/mol. The van der Waals surface area contributed by atoms with Crippen molar-refractivity contribution in [3.63, 3.8) is 0 Å². The van der Waals surface area contributed by atoms with Gasteiger partial charge in [0.05, 0.1) is 12.1 Å². The Balaban J connectivity index is 1.81. The molecule has 124 valence electrons. The lowest BCUT2D eigenvalue weighted by molar-refractivity contribution is 0.104. The van der Waals surface area contributed by atoms with Gasteiger partial charge in [-0.15, -0.1) is 0 Å². The zero-order chi connectivity index (χ0) is 17.1. The molecule has 0 bridgehead atoms. The molecule has 0 aliphatic carbocycles. The molecule has 2 aromatic rings. The van der Waals surface area contributed by atoms with Crippen molar-refractivity contribution in [3.8, 4) is 17.2 Å². The van der Waals surface area contributed by atoms with Crippen molar-refractivity contribution in [1.82, 2.24) is 0 Å². The van der Waals surface area contributed by atoms with Crippen molar-refractivity contribution >= 4 is 23.5 Å². The van der Waals surface area contributed by atoms with E-state index in [1.807, 2.05) is 0 Å². The fourth-order valence-corrected chi connectivity index (χ4v) is 2.59. The number of carbonyl (C=O) groups is 1. The molecule has 1 heterocycles. The first-order chi connectivity index (χ1) is 11.6. The van der Waals surface area contributed by atoms with Crippen molar-refractivity contribution in [3.05, 3.63) is 58.4 Å². The Morgan fingerprint density at radius 1 is 1.25 bits per heavy atom. The fourth-order valence-electron chi connectivity index (χ4n) is 2.31. The predicted octanol–water partition coefficient (Wildman–Crippen LogP) is 4.16. The number of ether oxygens (including phenoxy) is 3. The molecule has 0 aromatic heterocycles. The quantitative estimate of drug-likeness (QED) is 0.615. The highest BCUT2D eigenvalue weighted by atomic mass is 35.5. The standard InChI is InChI=1S/C18H14ClFO4/c1-22-16-5-3-12(10-14(16)20)15(21)4-2-11-8-13(19)18-17(9-11)23-6-7-24-18/h2-5,8-10H,6-7H2,1H3. The van der Waals surface area contributed by atoms with Crippen molar-refractivity contribution in [2.45, 2.75) is 0 Å². The first kappa shape index (κ1) is 16.3. The molecule has 1 aliphatic heterocycles. The van der Waals surface area contributed by atoms with Crippen molar-refractivity contribution in [2.24, 2.45) is 0 Å². The lowest BCUT2D eigenvalue weighted by Gasteiger charge is -2.19. The largest absolute Gasteiger partial charge is 0.494 e. The molecule has 0 radical (unpaired) electrons. The first-order valence-corrected chi connectivity index (χ1v) is 7.61. The molecule has 0 saturated carbocycles. The molecule has 2 aromatic carbocycles. The average molecular weight is 349 g/mol. The van der Waals surface area contributed by atoms with Crippen LogP contribution in [0.25, 0.3) is 6.08 Å². The van der Waals surface area contributed by atoms with Gasteiger partial charge in [-0.3, -0.25) is 4.79 Å². The maximum absolute atomic E-state index is 13.7. The van der Waals surface area contributed by atoms with Crippen LogP contribution in [-0.2, 0) is 0 Å². The first-order valence-electron chi connectivity index (χ1n) is 7.23. The number of carbonyl (C=O) groups excluding carboxylic acids is 1. The zero-order valence-corrected chi connectivity index (χ0v) is 13.6. The molecule has 0 saturated heterocycles. The summed E-state index contributed by atoms with van der Waals surface area (Å²) in [4.78, 5) is 12.2. The summed E-state index contributed by atoms with van der Waals surface area (Å²) in [5.74, 6) is 0.218. The van der Waals surface area contributed by atoms with Gasteiger partial charge < -0.3 is 14.2 Å². The molecule has 4 nitrogen and oxygen atoms in total. The summed E-state index contributed by atoms with van der Waals surface area (Å²) >= 11 is 6.15. The maximum atomic E-state index is 13.7. The Kier molecular flexibility index (Phi) is 4.71. The zero-order valence-electron chi connectivity index (χ0n) is 12.8. The van der Waals surface area contributed by atoms with Crippen LogP contribution in [0.3, 0.4) is 0 Å². The third kappa shape index (κ3) is 3.36. The molecule has 0 spiro atoms. The van der Waals surface area contributed by atoms with Gasteiger partial charge in [0, 0.05) is 5.56 Å². The molecule has 1 aliphatic rings. The number of hydrogen-bond acceptors (Lipinski definition) is 4. The van der Waals surface area contributed by atoms with Crippen LogP contribution in [0.15, 0.2) is 36.4 Å². The second-order valence-electron chi connectivity index (χ2n) is 5.07. The van der Waals surface area contributed by atoms with E-state index in [0.29, 0.717) is 35.3 Å². The van der Waals surface area contributed by atoms with E-state index in [2.05, 4.69) is 0 Å². The highest BCUT2D eigenvalue weighted by Gasteiger charge is 2.16. The van der Waals surface area contributed by atoms with Gasteiger partial charge in [0.1, 0.15) is 13.2 Å². The molecule has 24 heavy (non-hydrogen) atoms. The molecular weight excluding hydrogens is 335 g/mol. The van der Waals surface area contributed by atoms with Crippen LogP contribution in [0.1, 0.15) is 15.9 Å². The van der Waals surface area contributed by atoms with E-state index in [1.165, 1.54) is 25.3 Å². The Morgan fingerprint density at radius 3 is 2.79 bits per heavy atom. The van der Waals surface area contributed by atoms with Crippen LogP contribution < -0.4 is 14.2 Å². The molecule has 0 atom stereocenters. The molecular formula is C18H14ClFO4. The molecule has 0 unspecified atom stereocenters. The van der Waals surface area contributed by atoms with Crippen LogP contribution in [0.4, 0.5) is 4.39 Å². The van der Waals surface area contributed by atoms with Crippen molar-refractivity contribution in [1.29, 1.82) is 0 Å². The van der Waals surface area contributed by atoms with Gasteiger partial charge in [0.25, 0.3) is 0 Å². The Bertz CT molecular complexity index is 817. The van der Waals surface area contributed by atoms with E-state index in [0.717, 1.165) is 6.07 Å². The summed E-state index contributed by atoms with van der Waals surface area (Å²) in [5.41, 5.74) is 0.916. The minimum absolute atomic E-state index is 0.0918. The molecule has 0 N–H and O–H groups in total. The SMILES string of the molecule is COc1ccc(C(=O)C=Cc2cc(Cl)c3c(c2)OCCO3)cc1F. The van der Waals surface area contributed by atoms with Gasteiger partial charge in [0.2, 0.25) is 0 Å². The van der Waals surface area contributed by atoms with E-state index in [4.69, 9.17) is 25.8 Å². The van der Waals surface area contributed by atoms with Crippen molar-refractivity contribution in [2.75, 3.05) is 20.3 Å². The van der Waals surface area contributed by atoms with Gasteiger partial charge in [0.15, 0.2) is 28.8 Å². The Hall–Kier alpha value is -2.53. The molecule has 0 fully saturated rings. The lowest BCUT2D eigenvalue weighted by Crippen LogP contribution is -2.15. The Morgan fingerprint density at radius 2 is 2.04 bits per heavy atom. The number of methoxy groups -OCH3 is 1. The van der Waals surface area contributed by atoms with E-state index in [9.17, 15) is 9.18 Å². The predicted molar refractivity (Wildman–Crippen MR) is 88.8 cm³/mol. The summed E-state index contributed by atoms with van der Waals surface area (Å²) in [6.45, 7) is 0.893. The normalized spacial score (nSPS) is 13.1. The third-order valence-electron chi connectivity index (χ3n) is 3.48. The number of hydrogen-bond donors (Lipinski definition) is 0. The highest BCUT2D eigenvalue weighted by molar-refractivity contribution is 6.32. The highest BCUT2D eigenvalue weighted by Crippen LogP contribution is 2.38. The second-order valence-corrected chi connectivity index (χ2v) is 5.48. The van der Waals surface area contributed by atoms with Gasteiger partial charge in [-0.1, -0.05) is 17.7 Å². The minimum atomic E-state index is -0.584. The lowest BCUT2D eigenvalue weighted by atomic mass is 10.1. The van der Waals surface area contributed by atoms with E-state index < -0.39 is 5.82 Å². The summed E-state index contributed by atoms with van der Waals surface area (Å²) in [6, 6.07) is 7.47. The topological polar surface area (TPSA) is 44.8 Å². The van der Waals surface area contributed by atoms with Gasteiger partial charge in [-0.05, 0) is 42.0 Å². The van der Waals surface area contributed by atoms with Gasteiger partial charge in [-0.2, -0.15) is 0 Å². The van der Waals surface area contributed by atoms with E-state index in [-0.39, 0.29) is 17.1 Å². The third-order valence-corrected chi connectivity index (χ3v) is 3.76. The summed E-state index contributed by atoms with van der Waals surface area (Å²) < 4.78 is 29.4. The van der Waals surface area contributed by atoms with Crippen LogP contribution in [0, 0.1) is 5.82 Å². The smallest absolute Gasteiger partial charge is 0.185 e. The fraction of sp³-hybridized carbons (Fsp3) is 0.167. The minimum Gasteiger partial charge on any atom is -0.494 e. The number of ketones is 1. The van der Waals surface area contributed by atoms with E-state index in [1.54, 1.807) is 18.2 Å². The second kappa shape index (κ2) is 6.93. The number of halogens is 2. The van der Waals surface area contributed by atoms with Crippen molar-refractivity contribution < 1.29 is 23.4 Å². The average Bonchev–Trinajstić information content (AvgIpc) is 2.59. The number of fused-ring (bicyclic) bond motifs is 1. The van der Waals surface area contributed by atoms with Gasteiger partial charge >= 0.3 is 0 Å². The number of allylic oxidation sites excluding steroid dienone is 1. The van der Waals surface area contributed by atoms with Crippen LogP contribution in [0.2, 0.25) is 5.02 Å². The maximum Gasteiger partial charge on any atom is 0.185 e. The Labute approximate surface area is 143 Å². The number of rotatable bonds is 4. The summed E-state index contributed by atoms with van der Waals surface area (Å²) in [7, 11) is 1.37. The number of benzene rings is 2.